The second kappa shape index (κ2) is 5.47. The Morgan fingerprint density at radius 1 is 1.16 bits per heavy atom. The normalized spacial score (nSPS) is 11.6. The molecule has 0 fully saturated rings. The highest BCUT2D eigenvalue weighted by molar-refractivity contribution is 5.53. The number of nitrogens with zero attached hydrogens (tertiary/aromatic N) is 2. The van der Waals surface area contributed by atoms with Gasteiger partial charge in [-0.2, -0.15) is 0 Å². The minimum atomic E-state index is 0.336. The van der Waals surface area contributed by atoms with E-state index in [0.29, 0.717) is 5.41 Å². The number of para-hydroxylation sites is 1. The van der Waals surface area contributed by atoms with E-state index >= 15 is 0 Å². The monoisotopic (exact) mass is 257 g/mol. The summed E-state index contributed by atoms with van der Waals surface area (Å²) in [7, 11) is 0. The molecule has 0 aliphatic carbocycles. The van der Waals surface area contributed by atoms with Gasteiger partial charge in [-0.25, -0.2) is 4.98 Å². The minimum absolute atomic E-state index is 0.336. The van der Waals surface area contributed by atoms with Crippen molar-refractivity contribution in [1.29, 1.82) is 0 Å². The lowest BCUT2D eigenvalue weighted by Gasteiger charge is -2.19. The third kappa shape index (κ3) is 4.12. The van der Waals surface area contributed by atoms with E-state index in [-0.39, 0.29) is 0 Å². The maximum Gasteiger partial charge on any atom is 0.207 e. The maximum atomic E-state index is 4.56. The largest absolute Gasteiger partial charge is 0.326 e. The average Bonchev–Trinajstić information content (AvgIpc) is 2.67. The van der Waals surface area contributed by atoms with Crippen molar-refractivity contribution in [3.8, 4) is 0 Å². The molecule has 1 N–H and O–H groups in total. The minimum Gasteiger partial charge on any atom is -0.326 e. The van der Waals surface area contributed by atoms with Crippen molar-refractivity contribution in [2.24, 2.45) is 5.41 Å². The first-order valence-corrected chi connectivity index (χ1v) is 6.80. The molecular formula is C16H23N3. The highest BCUT2D eigenvalue weighted by atomic mass is 15.2. The van der Waals surface area contributed by atoms with Gasteiger partial charge < -0.3 is 9.88 Å². The van der Waals surface area contributed by atoms with Gasteiger partial charge in [-0.3, -0.25) is 0 Å². The van der Waals surface area contributed by atoms with Crippen LogP contribution in [0.5, 0.6) is 0 Å². The first-order valence-electron chi connectivity index (χ1n) is 6.80. The van der Waals surface area contributed by atoms with Gasteiger partial charge in [0.05, 0.1) is 5.69 Å². The van der Waals surface area contributed by atoms with Crippen molar-refractivity contribution in [3.63, 3.8) is 0 Å². The lowest BCUT2D eigenvalue weighted by molar-refractivity contribution is 0.351. The summed E-state index contributed by atoms with van der Waals surface area (Å²) in [6.07, 6.45) is 3.24. The summed E-state index contributed by atoms with van der Waals surface area (Å²) in [4.78, 5) is 4.56. The number of imidazole rings is 1. The predicted octanol–water partition coefficient (Wildman–Crippen LogP) is 4.37. The molecule has 0 aliphatic heterocycles. The summed E-state index contributed by atoms with van der Waals surface area (Å²) in [5.74, 6) is 0.924. The zero-order chi connectivity index (χ0) is 13.9. The van der Waals surface area contributed by atoms with Crippen LogP contribution in [0.3, 0.4) is 0 Å². The van der Waals surface area contributed by atoms with Gasteiger partial charge in [-0.1, -0.05) is 39.0 Å². The molecular weight excluding hydrogens is 234 g/mol. The van der Waals surface area contributed by atoms with Crippen LogP contribution in [0, 0.1) is 12.3 Å². The summed E-state index contributed by atoms with van der Waals surface area (Å²) < 4.78 is 2.20. The van der Waals surface area contributed by atoms with Crippen molar-refractivity contribution >= 4 is 11.6 Å². The second-order valence-corrected chi connectivity index (χ2v) is 6.20. The number of aryl methyl sites for hydroxylation is 2. The number of hydrogen-bond acceptors (Lipinski definition) is 2. The van der Waals surface area contributed by atoms with Gasteiger partial charge >= 0.3 is 0 Å². The molecule has 2 aromatic rings. The molecule has 0 bridgehead atoms. The molecule has 1 aromatic heterocycles. The third-order valence-electron chi connectivity index (χ3n) is 3.03. The van der Waals surface area contributed by atoms with Crippen LogP contribution in [0.1, 0.15) is 32.9 Å². The molecule has 0 amide bonds. The van der Waals surface area contributed by atoms with Crippen LogP contribution >= 0.6 is 0 Å². The smallest absolute Gasteiger partial charge is 0.207 e. The topological polar surface area (TPSA) is 29.9 Å². The standard InChI is InChI=1S/C16H23N3/c1-13-12-19(11-10-16(2,3)4)15(17-13)18-14-8-6-5-7-9-14/h5-9,12H,10-11H2,1-4H3,(H,17,18). The highest BCUT2D eigenvalue weighted by Crippen LogP contribution is 2.22. The van der Waals surface area contributed by atoms with Crippen molar-refractivity contribution in [3.05, 3.63) is 42.2 Å². The fraction of sp³-hybridized carbons (Fsp3) is 0.438. The number of anilines is 2. The van der Waals surface area contributed by atoms with Gasteiger partial charge in [0.25, 0.3) is 0 Å². The molecule has 1 aromatic carbocycles. The molecule has 0 spiro atoms. The van der Waals surface area contributed by atoms with E-state index in [2.05, 4.69) is 54.0 Å². The van der Waals surface area contributed by atoms with Crippen LogP contribution in [-0.2, 0) is 6.54 Å². The third-order valence-corrected chi connectivity index (χ3v) is 3.03. The van der Waals surface area contributed by atoms with E-state index in [4.69, 9.17) is 0 Å². The van der Waals surface area contributed by atoms with E-state index < -0.39 is 0 Å². The van der Waals surface area contributed by atoms with E-state index in [0.717, 1.165) is 30.3 Å². The van der Waals surface area contributed by atoms with Gasteiger partial charge in [0.15, 0.2) is 0 Å². The van der Waals surface area contributed by atoms with Gasteiger partial charge in [-0.05, 0) is 30.9 Å². The Kier molecular flexibility index (Phi) is 3.93. The summed E-state index contributed by atoms with van der Waals surface area (Å²) in [6.45, 7) is 9.81. The Morgan fingerprint density at radius 3 is 2.47 bits per heavy atom. The van der Waals surface area contributed by atoms with Crippen molar-refractivity contribution in [1.82, 2.24) is 9.55 Å². The Hall–Kier alpha value is -1.77. The van der Waals surface area contributed by atoms with Gasteiger partial charge in [0.2, 0.25) is 5.95 Å². The maximum absolute atomic E-state index is 4.56. The van der Waals surface area contributed by atoms with Gasteiger partial charge in [0.1, 0.15) is 0 Å². The summed E-state index contributed by atoms with van der Waals surface area (Å²) >= 11 is 0. The average molecular weight is 257 g/mol. The fourth-order valence-electron chi connectivity index (χ4n) is 1.92. The quantitative estimate of drug-likeness (QED) is 0.881. The predicted molar refractivity (Wildman–Crippen MR) is 80.8 cm³/mol. The Balaban J connectivity index is 2.12. The lowest BCUT2D eigenvalue weighted by Crippen LogP contribution is -2.11. The van der Waals surface area contributed by atoms with Crippen LogP contribution in [0.25, 0.3) is 0 Å². The Bertz CT molecular complexity index is 521. The number of benzene rings is 1. The van der Waals surface area contributed by atoms with Crippen LogP contribution < -0.4 is 5.32 Å². The molecule has 0 aliphatic rings. The Labute approximate surface area is 115 Å². The van der Waals surface area contributed by atoms with Gasteiger partial charge in [0, 0.05) is 18.4 Å². The Morgan fingerprint density at radius 2 is 1.84 bits per heavy atom. The molecule has 3 nitrogen and oxygen atoms in total. The summed E-state index contributed by atoms with van der Waals surface area (Å²) in [5.41, 5.74) is 2.46. The molecule has 102 valence electrons. The van der Waals surface area contributed by atoms with Crippen LogP contribution in [0.2, 0.25) is 0 Å². The number of aromatic nitrogens is 2. The van der Waals surface area contributed by atoms with Crippen LogP contribution in [-0.4, -0.2) is 9.55 Å². The van der Waals surface area contributed by atoms with Crippen molar-refractivity contribution < 1.29 is 0 Å². The number of hydrogen-bond donors (Lipinski definition) is 1. The molecule has 0 unspecified atom stereocenters. The SMILES string of the molecule is Cc1cn(CCC(C)(C)C)c(Nc2ccccc2)n1. The lowest BCUT2D eigenvalue weighted by atomic mass is 9.92. The van der Waals surface area contributed by atoms with E-state index in [1.54, 1.807) is 0 Å². The molecule has 3 heteroatoms. The van der Waals surface area contributed by atoms with Crippen LogP contribution in [0.15, 0.2) is 36.5 Å². The molecule has 0 radical (unpaired) electrons. The second-order valence-electron chi connectivity index (χ2n) is 6.20. The van der Waals surface area contributed by atoms with Crippen molar-refractivity contribution in [2.75, 3.05) is 5.32 Å². The van der Waals surface area contributed by atoms with Crippen LogP contribution in [0.4, 0.5) is 11.6 Å². The highest BCUT2D eigenvalue weighted by Gasteiger charge is 2.12. The van der Waals surface area contributed by atoms with Gasteiger partial charge in [-0.15, -0.1) is 0 Å². The first kappa shape index (κ1) is 13.7. The number of nitrogens with one attached hydrogen (secondary N) is 1. The molecule has 19 heavy (non-hydrogen) atoms. The fourth-order valence-corrected chi connectivity index (χ4v) is 1.92. The number of rotatable bonds is 4. The zero-order valence-corrected chi connectivity index (χ0v) is 12.3. The molecule has 1 heterocycles. The van der Waals surface area contributed by atoms with E-state index in [1.165, 1.54) is 0 Å². The molecule has 0 saturated carbocycles. The zero-order valence-electron chi connectivity index (χ0n) is 12.3. The van der Waals surface area contributed by atoms with E-state index in [1.807, 2.05) is 25.1 Å². The molecule has 0 saturated heterocycles. The first-order chi connectivity index (χ1) is 8.94. The molecule has 0 atom stereocenters. The van der Waals surface area contributed by atoms with E-state index in [9.17, 15) is 0 Å². The molecule has 2 rings (SSSR count). The van der Waals surface area contributed by atoms with Crippen molar-refractivity contribution in [2.45, 2.75) is 40.7 Å². The summed E-state index contributed by atoms with van der Waals surface area (Å²) in [6, 6.07) is 10.2. The summed E-state index contributed by atoms with van der Waals surface area (Å²) in [5, 5.41) is 3.38.